The van der Waals surface area contributed by atoms with E-state index in [1.165, 1.54) is 5.69 Å². The zero-order chi connectivity index (χ0) is 14.6. The topological polar surface area (TPSA) is 57.5 Å². The van der Waals surface area contributed by atoms with Gasteiger partial charge in [-0.05, 0) is 13.3 Å². The predicted octanol–water partition coefficient (Wildman–Crippen LogP) is 0.981. The number of methoxy groups -OCH3 is 2. The molecule has 0 aliphatic carbocycles. The quantitative estimate of drug-likeness (QED) is 0.580. The minimum absolute atomic E-state index is 0.700. The monoisotopic (exact) mass is 285 g/mol. The van der Waals surface area contributed by atoms with Crippen LogP contribution in [0.4, 0.5) is 0 Å². The third-order valence-corrected chi connectivity index (χ3v) is 3.02. The number of aryl methyl sites for hydroxylation is 1. The molecular formula is C14H27N3O3. The molecule has 116 valence electrons. The maximum Gasteiger partial charge on any atom is 0.105 e. The van der Waals surface area contributed by atoms with Gasteiger partial charge in [0, 0.05) is 53.3 Å². The number of aromatic nitrogens is 2. The first-order valence-corrected chi connectivity index (χ1v) is 7.07. The van der Waals surface area contributed by atoms with Crippen molar-refractivity contribution in [3.8, 4) is 0 Å². The third kappa shape index (κ3) is 6.47. The Morgan fingerprint density at radius 1 is 1.15 bits per heavy atom. The molecule has 0 saturated carbocycles. The Bertz CT molecular complexity index is 355. The molecule has 0 unspecified atom stereocenters. The van der Waals surface area contributed by atoms with E-state index in [4.69, 9.17) is 14.2 Å². The van der Waals surface area contributed by atoms with Gasteiger partial charge in [0.25, 0.3) is 0 Å². The highest BCUT2D eigenvalue weighted by atomic mass is 16.5. The van der Waals surface area contributed by atoms with Gasteiger partial charge in [-0.2, -0.15) is 0 Å². The number of ether oxygens (including phenoxy) is 3. The molecule has 1 N–H and O–H groups in total. The molecule has 1 heterocycles. The van der Waals surface area contributed by atoms with Gasteiger partial charge in [-0.15, -0.1) is 0 Å². The predicted molar refractivity (Wildman–Crippen MR) is 77.9 cm³/mol. The molecule has 1 aromatic heterocycles. The number of imidazole rings is 1. The fourth-order valence-electron chi connectivity index (χ4n) is 1.92. The highest BCUT2D eigenvalue weighted by Gasteiger charge is 2.05. The van der Waals surface area contributed by atoms with Gasteiger partial charge in [-0.3, -0.25) is 0 Å². The van der Waals surface area contributed by atoms with E-state index in [2.05, 4.69) is 14.9 Å². The lowest BCUT2D eigenvalue weighted by Crippen LogP contribution is -2.21. The summed E-state index contributed by atoms with van der Waals surface area (Å²) in [7, 11) is 3.41. The zero-order valence-corrected chi connectivity index (χ0v) is 12.9. The highest BCUT2D eigenvalue weighted by molar-refractivity contribution is 5.04. The minimum atomic E-state index is 0.700. The van der Waals surface area contributed by atoms with Crippen molar-refractivity contribution in [1.29, 1.82) is 0 Å². The largest absolute Gasteiger partial charge is 0.385 e. The van der Waals surface area contributed by atoms with Crippen molar-refractivity contribution in [2.75, 3.05) is 47.2 Å². The van der Waals surface area contributed by atoms with Crippen molar-refractivity contribution < 1.29 is 14.2 Å². The Balaban J connectivity index is 2.27. The summed E-state index contributed by atoms with van der Waals surface area (Å²) in [6, 6.07) is 0. The maximum atomic E-state index is 5.59. The summed E-state index contributed by atoms with van der Waals surface area (Å²) < 4.78 is 17.8. The van der Waals surface area contributed by atoms with E-state index in [0.717, 1.165) is 51.7 Å². The number of nitrogens with zero attached hydrogens (tertiary/aromatic N) is 2. The molecule has 0 aromatic carbocycles. The fourth-order valence-corrected chi connectivity index (χ4v) is 1.92. The fraction of sp³-hybridized carbons (Fsp3) is 0.786. The van der Waals surface area contributed by atoms with E-state index in [1.54, 1.807) is 14.2 Å². The Labute approximate surface area is 121 Å². The molecule has 0 radical (unpaired) electrons. The van der Waals surface area contributed by atoms with E-state index in [0.29, 0.717) is 6.61 Å². The third-order valence-electron chi connectivity index (χ3n) is 3.02. The van der Waals surface area contributed by atoms with Gasteiger partial charge in [0.1, 0.15) is 5.82 Å². The Hall–Kier alpha value is -0.950. The van der Waals surface area contributed by atoms with Crippen LogP contribution in [0.25, 0.3) is 0 Å². The maximum absolute atomic E-state index is 5.59. The van der Waals surface area contributed by atoms with Crippen LogP contribution < -0.4 is 5.32 Å². The van der Waals surface area contributed by atoms with Crippen LogP contribution in [0.1, 0.15) is 17.9 Å². The molecule has 0 atom stereocenters. The molecule has 0 amide bonds. The van der Waals surface area contributed by atoms with Crippen molar-refractivity contribution in [3.05, 3.63) is 17.7 Å². The van der Waals surface area contributed by atoms with E-state index in [9.17, 15) is 0 Å². The molecule has 0 aliphatic heterocycles. The lowest BCUT2D eigenvalue weighted by molar-refractivity contribution is 0.0970. The van der Waals surface area contributed by atoms with Gasteiger partial charge in [0.15, 0.2) is 0 Å². The molecule has 6 nitrogen and oxygen atoms in total. The van der Waals surface area contributed by atoms with E-state index in [-0.39, 0.29) is 0 Å². The number of hydrogen-bond donors (Lipinski definition) is 1. The van der Waals surface area contributed by atoms with E-state index in [1.807, 2.05) is 13.1 Å². The SMILES string of the molecule is COCCCOCCn1c(CNCCOC)cnc1C. The molecule has 6 heteroatoms. The standard InChI is InChI=1S/C14H27N3O3/c1-13-16-12-14(11-15-5-9-19-3)17(13)6-10-20-8-4-7-18-2/h12,15H,4-11H2,1-3H3. The molecule has 1 aromatic rings. The summed E-state index contributed by atoms with van der Waals surface area (Å²) in [6.07, 6.45) is 2.85. The van der Waals surface area contributed by atoms with Crippen molar-refractivity contribution in [2.45, 2.75) is 26.4 Å². The average Bonchev–Trinajstić information content (AvgIpc) is 2.80. The molecule has 1 rings (SSSR count). The Morgan fingerprint density at radius 3 is 2.70 bits per heavy atom. The van der Waals surface area contributed by atoms with Crippen LogP contribution >= 0.6 is 0 Å². The van der Waals surface area contributed by atoms with Crippen molar-refractivity contribution in [2.24, 2.45) is 0 Å². The minimum Gasteiger partial charge on any atom is -0.385 e. The van der Waals surface area contributed by atoms with Crippen LogP contribution in [0.3, 0.4) is 0 Å². The molecular weight excluding hydrogens is 258 g/mol. The Kier molecular flexibility index (Phi) is 9.23. The number of nitrogens with one attached hydrogen (secondary N) is 1. The smallest absolute Gasteiger partial charge is 0.105 e. The first-order valence-electron chi connectivity index (χ1n) is 7.07. The normalized spacial score (nSPS) is 11.2. The van der Waals surface area contributed by atoms with Crippen LogP contribution in [0.15, 0.2) is 6.20 Å². The summed E-state index contributed by atoms with van der Waals surface area (Å²) in [5.74, 6) is 1.02. The molecule has 0 fully saturated rings. The second-order valence-electron chi connectivity index (χ2n) is 4.58. The zero-order valence-electron chi connectivity index (χ0n) is 12.9. The molecule has 0 aliphatic rings. The van der Waals surface area contributed by atoms with Gasteiger partial charge in [0.05, 0.1) is 18.9 Å². The van der Waals surface area contributed by atoms with Crippen LogP contribution in [-0.2, 0) is 27.3 Å². The van der Waals surface area contributed by atoms with Gasteiger partial charge >= 0.3 is 0 Å². The number of hydrogen-bond acceptors (Lipinski definition) is 5. The van der Waals surface area contributed by atoms with Crippen LogP contribution in [0.2, 0.25) is 0 Å². The highest BCUT2D eigenvalue weighted by Crippen LogP contribution is 2.04. The summed E-state index contributed by atoms with van der Waals surface area (Å²) in [6.45, 7) is 7.40. The van der Waals surface area contributed by atoms with Crippen LogP contribution in [-0.4, -0.2) is 56.7 Å². The van der Waals surface area contributed by atoms with Gasteiger partial charge in [-0.1, -0.05) is 0 Å². The van der Waals surface area contributed by atoms with Gasteiger partial charge in [0.2, 0.25) is 0 Å². The van der Waals surface area contributed by atoms with Gasteiger partial charge in [-0.25, -0.2) is 4.98 Å². The Morgan fingerprint density at radius 2 is 1.95 bits per heavy atom. The molecule has 0 spiro atoms. The first kappa shape index (κ1) is 17.1. The summed E-state index contributed by atoms with van der Waals surface area (Å²) in [5.41, 5.74) is 1.18. The van der Waals surface area contributed by atoms with E-state index < -0.39 is 0 Å². The second-order valence-corrected chi connectivity index (χ2v) is 4.58. The van der Waals surface area contributed by atoms with Crippen molar-refractivity contribution >= 4 is 0 Å². The second kappa shape index (κ2) is 10.8. The van der Waals surface area contributed by atoms with Crippen molar-refractivity contribution in [3.63, 3.8) is 0 Å². The number of rotatable bonds is 12. The molecule has 0 saturated heterocycles. The molecule has 20 heavy (non-hydrogen) atoms. The summed E-state index contributed by atoms with van der Waals surface area (Å²) >= 11 is 0. The first-order chi connectivity index (χ1) is 9.79. The average molecular weight is 285 g/mol. The van der Waals surface area contributed by atoms with Crippen molar-refractivity contribution in [1.82, 2.24) is 14.9 Å². The van der Waals surface area contributed by atoms with Crippen LogP contribution in [0, 0.1) is 6.92 Å². The summed E-state index contributed by atoms with van der Waals surface area (Å²) in [5, 5.41) is 3.33. The lowest BCUT2D eigenvalue weighted by atomic mass is 10.4. The van der Waals surface area contributed by atoms with Gasteiger partial charge < -0.3 is 24.1 Å². The van der Waals surface area contributed by atoms with E-state index >= 15 is 0 Å². The molecule has 0 bridgehead atoms. The lowest BCUT2D eigenvalue weighted by Gasteiger charge is -2.11. The van der Waals surface area contributed by atoms with Crippen LogP contribution in [0.5, 0.6) is 0 Å². The summed E-state index contributed by atoms with van der Waals surface area (Å²) in [4.78, 5) is 4.36.